The third-order valence-electron chi connectivity index (χ3n) is 2.24. The summed E-state index contributed by atoms with van der Waals surface area (Å²) in [6.07, 6.45) is -1.64. The lowest BCUT2D eigenvalue weighted by molar-refractivity contribution is -0.149. The molecule has 0 heterocycles. The predicted molar refractivity (Wildman–Crippen MR) is 69.0 cm³/mol. The first-order chi connectivity index (χ1) is 8.86. The second-order valence-corrected chi connectivity index (χ2v) is 4.24. The minimum Gasteiger partial charge on any atom is -0.507 e. The molecule has 7 heteroatoms. The van der Waals surface area contributed by atoms with Gasteiger partial charge in [0, 0.05) is 0 Å². The molecule has 0 aliphatic rings. The number of aromatic hydroxyl groups is 1. The fourth-order valence-electron chi connectivity index (χ4n) is 1.33. The number of carboxylic acid groups (broad SMARTS) is 1. The number of aliphatic carboxylic acids is 1. The summed E-state index contributed by atoms with van der Waals surface area (Å²) in [6, 6.07) is 3.67. The van der Waals surface area contributed by atoms with E-state index in [4.69, 9.17) is 9.84 Å². The average Bonchev–Trinajstić information content (AvgIpc) is 2.35. The number of rotatable bonds is 6. The molecule has 0 aliphatic carbocycles. The summed E-state index contributed by atoms with van der Waals surface area (Å²) in [7, 11) is 0. The maximum Gasteiger partial charge on any atom is 0.352 e. The van der Waals surface area contributed by atoms with Crippen molar-refractivity contribution in [1.29, 1.82) is 0 Å². The zero-order valence-electron chi connectivity index (χ0n) is 9.92. The molecule has 2 N–H and O–H groups in total. The van der Waals surface area contributed by atoms with Gasteiger partial charge in [0.1, 0.15) is 11.5 Å². The van der Waals surface area contributed by atoms with Gasteiger partial charge in [-0.3, -0.25) is 9.59 Å². The zero-order valence-corrected chi connectivity index (χ0v) is 11.5. The van der Waals surface area contributed by atoms with Crippen molar-refractivity contribution in [2.45, 2.75) is 13.0 Å². The average molecular weight is 331 g/mol. The number of benzene rings is 1. The molecule has 102 valence electrons. The third-order valence-corrected chi connectivity index (χ3v) is 2.75. The summed E-state index contributed by atoms with van der Waals surface area (Å²) in [5.74, 6) is -2.71. The maximum absolute atomic E-state index is 11.5. The van der Waals surface area contributed by atoms with Crippen LogP contribution in [0.3, 0.4) is 0 Å². The molecule has 0 radical (unpaired) electrons. The quantitative estimate of drug-likeness (QED) is 0.464. The summed E-state index contributed by atoms with van der Waals surface area (Å²) >= 11 is 2.96. The number of alkyl halides is 1. The molecular formula is C12H11BrO6. The summed E-state index contributed by atoms with van der Waals surface area (Å²) in [4.78, 5) is 33.4. The van der Waals surface area contributed by atoms with Gasteiger partial charge in [0.25, 0.3) is 6.10 Å². The molecule has 0 bridgehead atoms. The molecular weight excluding hydrogens is 320 g/mol. The van der Waals surface area contributed by atoms with Crippen molar-refractivity contribution in [3.63, 3.8) is 0 Å². The van der Waals surface area contributed by atoms with Crippen LogP contribution in [0.2, 0.25) is 0 Å². The van der Waals surface area contributed by atoms with Gasteiger partial charge in [-0.05, 0) is 25.1 Å². The molecule has 1 aromatic rings. The Morgan fingerprint density at radius 1 is 1.37 bits per heavy atom. The van der Waals surface area contributed by atoms with Gasteiger partial charge in [-0.15, -0.1) is 0 Å². The van der Waals surface area contributed by atoms with Crippen LogP contribution >= 0.6 is 15.9 Å². The van der Waals surface area contributed by atoms with Crippen molar-refractivity contribution >= 4 is 33.5 Å². The standard InChI is InChI=1S/C12H11BrO6/c1-6(14)11(12(17)18)19-7-2-3-9(15)8(4-7)10(16)5-13/h2-4,11,15H,5H2,1H3,(H,17,18). The summed E-state index contributed by atoms with van der Waals surface area (Å²) in [5.41, 5.74) is -0.0120. The van der Waals surface area contributed by atoms with E-state index in [1.165, 1.54) is 18.2 Å². The highest BCUT2D eigenvalue weighted by Gasteiger charge is 2.25. The van der Waals surface area contributed by atoms with E-state index in [1.807, 2.05) is 0 Å². The second kappa shape index (κ2) is 6.33. The van der Waals surface area contributed by atoms with E-state index >= 15 is 0 Å². The molecule has 0 spiro atoms. The molecule has 1 atom stereocenters. The van der Waals surface area contributed by atoms with Gasteiger partial charge in [0.15, 0.2) is 11.6 Å². The Morgan fingerprint density at radius 2 is 2.00 bits per heavy atom. The number of ether oxygens (including phenoxy) is 1. The first-order valence-electron chi connectivity index (χ1n) is 5.19. The number of carboxylic acids is 1. The molecule has 1 unspecified atom stereocenters. The number of hydrogen-bond acceptors (Lipinski definition) is 5. The summed E-state index contributed by atoms with van der Waals surface area (Å²) in [6.45, 7) is 1.09. The number of phenolic OH excluding ortho intramolecular Hbond substituents is 1. The molecule has 0 aliphatic heterocycles. The summed E-state index contributed by atoms with van der Waals surface area (Å²) < 4.78 is 5.00. The van der Waals surface area contributed by atoms with Gasteiger partial charge >= 0.3 is 5.97 Å². The molecule has 1 rings (SSSR count). The van der Waals surface area contributed by atoms with Crippen molar-refractivity contribution in [3.8, 4) is 11.5 Å². The fraction of sp³-hybridized carbons (Fsp3) is 0.250. The van der Waals surface area contributed by atoms with Crippen LogP contribution in [-0.4, -0.2) is 39.2 Å². The predicted octanol–water partition coefficient (Wildman–Crippen LogP) is 1.39. The van der Waals surface area contributed by atoms with Crippen molar-refractivity contribution in [2.75, 3.05) is 5.33 Å². The number of ketones is 2. The number of Topliss-reactive ketones (excluding diaryl/α,β-unsaturated/α-hetero) is 2. The Morgan fingerprint density at radius 3 is 2.47 bits per heavy atom. The molecule has 0 amide bonds. The molecule has 0 aromatic heterocycles. The van der Waals surface area contributed by atoms with E-state index in [1.54, 1.807) is 0 Å². The number of phenols is 1. The van der Waals surface area contributed by atoms with Crippen LogP contribution < -0.4 is 4.74 Å². The SMILES string of the molecule is CC(=O)C(Oc1ccc(O)c(C(=O)CBr)c1)C(=O)O. The number of carbonyl (C=O) groups is 3. The van der Waals surface area contributed by atoms with E-state index in [-0.39, 0.29) is 22.4 Å². The number of halogens is 1. The molecule has 6 nitrogen and oxygen atoms in total. The van der Waals surface area contributed by atoms with Crippen LogP contribution in [0.15, 0.2) is 18.2 Å². The van der Waals surface area contributed by atoms with Gasteiger partial charge in [-0.25, -0.2) is 4.79 Å². The molecule has 0 fully saturated rings. The lowest BCUT2D eigenvalue weighted by Crippen LogP contribution is -2.33. The topological polar surface area (TPSA) is 101 Å². The number of hydrogen-bond donors (Lipinski definition) is 2. The van der Waals surface area contributed by atoms with Crippen LogP contribution in [-0.2, 0) is 9.59 Å². The van der Waals surface area contributed by atoms with Crippen LogP contribution in [0.1, 0.15) is 17.3 Å². The molecule has 0 saturated carbocycles. The van der Waals surface area contributed by atoms with Gasteiger partial charge in [-0.1, -0.05) is 15.9 Å². The first kappa shape index (κ1) is 15.2. The number of carbonyl (C=O) groups excluding carboxylic acids is 2. The lowest BCUT2D eigenvalue weighted by atomic mass is 10.1. The zero-order chi connectivity index (χ0) is 14.6. The Kier molecular flexibility index (Phi) is 5.05. The van der Waals surface area contributed by atoms with Gasteiger partial charge in [-0.2, -0.15) is 0 Å². The van der Waals surface area contributed by atoms with Gasteiger partial charge in [0.05, 0.1) is 10.9 Å². The molecule has 1 aromatic carbocycles. The van der Waals surface area contributed by atoms with E-state index in [0.29, 0.717) is 0 Å². The monoisotopic (exact) mass is 330 g/mol. The third kappa shape index (κ3) is 3.78. The summed E-state index contributed by atoms with van der Waals surface area (Å²) in [5, 5.41) is 18.3. The van der Waals surface area contributed by atoms with Crippen molar-refractivity contribution in [2.24, 2.45) is 0 Å². The Balaban J connectivity index is 3.05. The van der Waals surface area contributed by atoms with Crippen molar-refractivity contribution in [3.05, 3.63) is 23.8 Å². The molecule has 19 heavy (non-hydrogen) atoms. The van der Waals surface area contributed by atoms with E-state index in [9.17, 15) is 19.5 Å². The maximum atomic E-state index is 11.5. The van der Waals surface area contributed by atoms with E-state index in [2.05, 4.69) is 15.9 Å². The first-order valence-corrected chi connectivity index (χ1v) is 6.31. The molecule has 0 saturated heterocycles. The Hall–Kier alpha value is -1.89. The fourth-order valence-corrected chi connectivity index (χ4v) is 1.63. The van der Waals surface area contributed by atoms with E-state index in [0.717, 1.165) is 6.92 Å². The Labute approximate surface area is 117 Å². The smallest absolute Gasteiger partial charge is 0.352 e. The Bertz CT molecular complexity index is 511. The van der Waals surface area contributed by atoms with Gasteiger partial charge in [0.2, 0.25) is 0 Å². The minimum atomic E-state index is -1.64. The van der Waals surface area contributed by atoms with E-state index < -0.39 is 23.6 Å². The van der Waals surface area contributed by atoms with Crippen LogP contribution in [0, 0.1) is 0 Å². The highest BCUT2D eigenvalue weighted by molar-refractivity contribution is 9.09. The van der Waals surface area contributed by atoms with Crippen molar-refractivity contribution < 1.29 is 29.3 Å². The van der Waals surface area contributed by atoms with Crippen LogP contribution in [0.4, 0.5) is 0 Å². The van der Waals surface area contributed by atoms with Crippen molar-refractivity contribution in [1.82, 2.24) is 0 Å². The highest BCUT2D eigenvalue weighted by Crippen LogP contribution is 2.24. The highest BCUT2D eigenvalue weighted by atomic mass is 79.9. The van der Waals surface area contributed by atoms with Crippen LogP contribution in [0.5, 0.6) is 11.5 Å². The van der Waals surface area contributed by atoms with Crippen LogP contribution in [0.25, 0.3) is 0 Å². The second-order valence-electron chi connectivity index (χ2n) is 3.68. The minimum absolute atomic E-state index is 0.000912. The normalized spacial score (nSPS) is 11.7. The lowest BCUT2D eigenvalue weighted by Gasteiger charge is -2.13. The van der Waals surface area contributed by atoms with Gasteiger partial charge < -0.3 is 14.9 Å². The largest absolute Gasteiger partial charge is 0.507 e.